The summed E-state index contributed by atoms with van der Waals surface area (Å²) >= 11 is 0. The first-order chi connectivity index (χ1) is 15.7. The topological polar surface area (TPSA) is 86.6 Å². The van der Waals surface area contributed by atoms with Crippen molar-refractivity contribution in [2.45, 2.75) is 18.9 Å². The van der Waals surface area contributed by atoms with E-state index in [0.717, 1.165) is 71.1 Å². The van der Waals surface area contributed by atoms with Crippen molar-refractivity contribution in [3.63, 3.8) is 0 Å². The average molecular weight is 467 g/mol. The molecule has 1 aliphatic heterocycles. The lowest BCUT2D eigenvalue weighted by atomic mass is 9.98. The van der Waals surface area contributed by atoms with E-state index in [0.29, 0.717) is 5.71 Å². The largest absolute Gasteiger partial charge is 0.497 e. The van der Waals surface area contributed by atoms with Gasteiger partial charge in [0, 0.05) is 30.3 Å². The molecule has 1 saturated heterocycles. The molecule has 3 heterocycles. The third kappa shape index (κ3) is 4.34. The molecule has 5 rings (SSSR count). The summed E-state index contributed by atoms with van der Waals surface area (Å²) in [6.07, 6.45) is 3.45. The molecule has 0 atom stereocenters. The van der Waals surface area contributed by atoms with E-state index in [1.165, 1.54) is 0 Å². The highest BCUT2D eigenvalue weighted by molar-refractivity contribution is 6.06. The molecule has 4 aromatic rings. The zero-order chi connectivity index (χ0) is 22.1. The monoisotopic (exact) mass is 466 g/mol. The van der Waals surface area contributed by atoms with Crippen LogP contribution in [0.15, 0.2) is 59.3 Å². The lowest BCUT2D eigenvalue weighted by molar-refractivity contribution is 0.414. The quantitative estimate of drug-likeness (QED) is 0.446. The maximum Gasteiger partial charge on any atom is 0.232 e. The number of hydrogen-bond acceptors (Lipinski definition) is 7. The minimum atomic E-state index is 0. The van der Waals surface area contributed by atoms with E-state index in [1.807, 2.05) is 48.5 Å². The fourth-order valence-corrected chi connectivity index (χ4v) is 4.25. The number of ether oxygens (including phenoxy) is 2. The van der Waals surface area contributed by atoms with Crippen LogP contribution in [0, 0.1) is 0 Å². The molecule has 2 aromatic carbocycles. The summed E-state index contributed by atoms with van der Waals surface area (Å²) in [5, 5.41) is 0.916. The standard InChI is InChI=1S/C25H26N4O3.ClH/c1-30-19-7-3-16(4-8-19)21-22-24(29-13-11-18(26)12-14-29)27-15-28-25(22)32-23(21)17-5-9-20(31-2)10-6-17;/h3-10,15,18H,11-14,26H2,1-2H3;1H. The van der Waals surface area contributed by atoms with E-state index in [1.54, 1.807) is 20.5 Å². The molecule has 0 saturated carbocycles. The number of piperidine rings is 1. The maximum absolute atomic E-state index is 6.35. The summed E-state index contributed by atoms with van der Waals surface area (Å²) in [5.41, 5.74) is 9.64. The fourth-order valence-electron chi connectivity index (χ4n) is 4.25. The number of aromatic nitrogens is 2. The van der Waals surface area contributed by atoms with Gasteiger partial charge >= 0.3 is 0 Å². The summed E-state index contributed by atoms with van der Waals surface area (Å²) in [5.74, 6) is 3.23. The van der Waals surface area contributed by atoms with E-state index in [-0.39, 0.29) is 18.4 Å². The highest BCUT2D eigenvalue weighted by Gasteiger charge is 2.26. The molecule has 33 heavy (non-hydrogen) atoms. The minimum absolute atomic E-state index is 0. The summed E-state index contributed by atoms with van der Waals surface area (Å²) in [6, 6.07) is 16.1. The first-order valence-electron chi connectivity index (χ1n) is 10.7. The maximum atomic E-state index is 6.35. The van der Waals surface area contributed by atoms with Crippen molar-refractivity contribution in [2.24, 2.45) is 5.73 Å². The van der Waals surface area contributed by atoms with Crippen LogP contribution in [0.4, 0.5) is 5.82 Å². The van der Waals surface area contributed by atoms with Gasteiger partial charge in [0.2, 0.25) is 5.71 Å². The summed E-state index contributed by atoms with van der Waals surface area (Å²) in [4.78, 5) is 11.4. The number of benzene rings is 2. The van der Waals surface area contributed by atoms with Gasteiger partial charge in [0.05, 0.1) is 19.6 Å². The van der Waals surface area contributed by atoms with Crippen LogP contribution in [0.1, 0.15) is 12.8 Å². The SMILES string of the molecule is COc1ccc(-c2oc3ncnc(N4CCC(N)CC4)c3c2-c2ccc(OC)cc2)cc1.Cl. The molecule has 172 valence electrons. The smallest absolute Gasteiger partial charge is 0.232 e. The third-order valence-corrected chi connectivity index (χ3v) is 6.04. The van der Waals surface area contributed by atoms with Crippen LogP contribution in [0.3, 0.4) is 0 Å². The van der Waals surface area contributed by atoms with Crippen LogP contribution >= 0.6 is 12.4 Å². The van der Waals surface area contributed by atoms with Gasteiger partial charge in [-0.05, 0) is 54.8 Å². The number of methoxy groups -OCH3 is 2. The van der Waals surface area contributed by atoms with Crippen molar-refractivity contribution < 1.29 is 13.9 Å². The molecule has 1 fully saturated rings. The van der Waals surface area contributed by atoms with Crippen LogP contribution in [-0.4, -0.2) is 43.3 Å². The minimum Gasteiger partial charge on any atom is -0.497 e. The van der Waals surface area contributed by atoms with Gasteiger partial charge in [-0.2, -0.15) is 0 Å². The molecule has 1 aliphatic rings. The Balaban J connectivity index is 0.00000259. The Hall–Kier alpha value is -3.29. The average Bonchev–Trinajstić information content (AvgIpc) is 3.24. The van der Waals surface area contributed by atoms with Gasteiger partial charge in [-0.1, -0.05) is 12.1 Å². The third-order valence-electron chi connectivity index (χ3n) is 6.04. The number of halogens is 1. The molecule has 0 amide bonds. The molecule has 7 nitrogen and oxygen atoms in total. The number of anilines is 1. The van der Waals surface area contributed by atoms with Gasteiger partial charge in [0.1, 0.15) is 29.4 Å². The van der Waals surface area contributed by atoms with E-state index >= 15 is 0 Å². The number of nitrogens with zero attached hydrogens (tertiary/aromatic N) is 3. The molecule has 0 aliphatic carbocycles. The fraction of sp³-hybridized carbons (Fsp3) is 0.280. The Kier molecular flexibility index (Phi) is 6.72. The molecule has 2 N–H and O–H groups in total. The Morgan fingerprint density at radius 3 is 2.03 bits per heavy atom. The summed E-state index contributed by atoms with van der Waals surface area (Å²) in [7, 11) is 3.32. The lowest BCUT2D eigenvalue weighted by Gasteiger charge is -2.31. The normalized spacial score (nSPS) is 14.2. The van der Waals surface area contributed by atoms with Crippen molar-refractivity contribution in [3.8, 4) is 33.9 Å². The zero-order valence-corrected chi connectivity index (χ0v) is 19.5. The van der Waals surface area contributed by atoms with Gasteiger partial charge in [0.15, 0.2) is 0 Å². The predicted molar refractivity (Wildman–Crippen MR) is 132 cm³/mol. The number of fused-ring (bicyclic) bond motifs is 1. The number of furan rings is 1. The molecular formula is C25H27ClN4O3. The molecule has 8 heteroatoms. The number of nitrogens with two attached hydrogens (primary N) is 1. The van der Waals surface area contributed by atoms with Crippen LogP contribution in [-0.2, 0) is 0 Å². The summed E-state index contributed by atoms with van der Waals surface area (Å²) < 4.78 is 17.0. The van der Waals surface area contributed by atoms with Crippen molar-refractivity contribution in [2.75, 3.05) is 32.2 Å². The van der Waals surface area contributed by atoms with E-state index in [4.69, 9.17) is 19.6 Å². The second-order valence-electron chi connectivity index (χ2n) is 7.97. The Morgan fingerprint density at radius 1 is 0.879 bits per heavy atom. The Morgan fingerprint density at radius 2 is 1.45 bits per heavy atom. The van der Waals surface area contributed by atoms with Gasteiger partial charge in [-0.3, -0.25) is 0 Å². The van der Waals surface area contributed by atoms with Crippen LogP contribution in [0.2, 0.25) is 0 Å². The lowest BCUT2D eigenvalue weighted by Crippen LogP contribution is -2.40. The van der Waals surface area contributed by atoms with E-state index < -0.39 is 0 Å². The zero-order valence-electron chi connectivity index (χ0n) is 18.7. The van der Waals surface area contributed by atoms with Gasteiger partial charge < -0.3 is 24.5 Å². The molecule has 0 unspecified atom stereocenters. The Bertz CT molecular complexity index is 1220. The van der Waals surface area contributed by atoms with E-state index in [9.17, 15) is 0 Å². The second-order valence-corrected chi connectivity index (χ2v) is 7.97. The van der Waals surface area contributed by atoms with Crippen molar-refractivity contribution >= 4 is 29.3 Å². The van der Waals surface area contributed by atoms with Crippen LogP contribution in [0.25, 0.3) is 33.6 Å². The number of rotatable bonds is 5. The van der Waals surface area contributed by atoms with Gasteiger partial charge in [-0.15, -0.1) is 12.4 Å². The molecule has 0 bridgehead atoms. The molecular weight excluding hydrogens is 440 g/mol. The van der Waals surface area contributed by atoms with Crippen LogP contribution < -0.4 is 20.1 Å². The molecule has 0 spiro atoms. The number of hydrogen-bond donors (Lipinski definition) is 1. The van der Waals surface area contributed by atoms with Crippen LogP contribution in [0.5, 0.6) is 11.5 Å². The first kappa shape index (κ1) is 22.9. The second kappa shape index (κ2) is 9.68. The molecule has 0 radical (unpaired) electrons. The van der Waals surface area contributed by atoms with Gasteiger partial charge in [0.25, 0.3) is 0 Å². The van der Waals surface area contributed by atoms with Crippen molar-refractivity contribution in [1.82, 2.24) is 9.97 Å². The van der Waals surface area contributed by atoms with Crippen molar-refractivity contribution in [3.05, 3.63) is 54.9 Å². The summed E-state index contributed by atoms with van der Waals surface area (Å²) in [6.45, 7) is 1.72. The van der Waals surface area contributed by atoms with Gasteiger partial charge in [-0.25, -0.2) is 9.97 Å². The predicted octanol–water partition coefficient (Wildman–Crippen LogP) is 4.92. The van der Waals surface area contributed by atoms with E-state index in [2.05, 4.69) is 14.9 Å². The highest BCUT2D eigenvalue weighted by Crippen LogP contribution is 2.44. The molecule has 2 aromatic heterocycles. The first-order valence-corrected chi connectivity index (χ1v) is 10.7. The van der Waals surface area contributed by atoms with Crippen molar-refractivity contribution in [1.29, 1.82) is 0 Å². The Labute approximate surface area is 198 Å². The highest BCUT2D eigenvalue weighted by atomic mass is 35.5.